The van der Waals surface area contributed by atoms with E-state index in [1.807, 2.05) is 0 Å². The molecule has 0 aliphatic carbocycles. The second-order valence-corrected chi connectivity index (χ2v) is 4.70. The fourth-order valence-corrected chi connectivity index (χ4v) is 1.92. The van der Waals surface area contributed by atoms with Crippen molar-refractivity contribution in [2.75, 3.05) is 5.32 Å². The number of nitrogens with one attached hydrogen (secondary N) is 1. The number of nitrogens with zero attached hydrogens (tertiary/aromatic N) is 3. The van der Waals surface area contributed by atoms with Gasteiger partial charge in [0.2, 0.25) is 0 Å². The van der Waals surface area contributed by atoms with Gasteiger partial charge < -0.3 is 5.32 Å². The highest BCUT2D eigenvalue weighted by Gasteiger charge is 2.30. The molecule has 0 aliphatic heterocycles. The van der Waals surface area contributed by atoms with Crippen LogP contribution in [0.2, 0.25) is 5.02 Å². The molecule has 0 unspecified atom stereocenters. The Morgan fingerprint density at radius 1 is 0.826 bits per heavy atom. The highest BCUT2D eigenvalue weighted by atomic mass is 35.5. The maximum Gasteiger partial charge on any atom is 0.306 e. The first kappa shape index (κ1) is 16.1. The molecule has 0 radical (unpaired) electrons. The zero-order valence-corrected chi connectivity index (χ0v) is 11.9. The number of rotatable bonds is 5. The van der Waals surface area contributed by atoms with Crippen molar-refractivity contribution >= 4 is 40.0 Å². The predicted molar refractivity (Wildman–Crippen MR) is 81.1 cm³/mol. The molecule has 0 aromatic heterocycles. The lowest BCUT2D eigenvalue weighted by Crippen LogP contribution is -2.03. The maximum atomic E-state index is 11.1. The number of benzene rings is 2. The van der Waals surface area contributed by atoms with E-state index in [1.165, 1.54) is 24.3 Å². The standard InChI is InChI=1S/C12H7ClN4O6/c13-7-1-3-8(4-2-7)14-12-10(16(20)21)5-9(15(18)19)6-11(12)17(22)23/h1-6,14H. The van der Waals surface area contributed by atoms with E-state index in [2.05, 4.69) is 5.32 Å². The fraction of sp³-hybridized carbons (Fsp3) is 0. The number of nitro benzene ring substituents is 3. The third-order valence-electron chi connectivity index (χ3n) is 2.80. The van der Waals surface area contributed by atoms with Crippen LogP contribution >= 0.6 is 11.6 Å². The minimum absolute atomic E-state index is 0.300. The number of anilines is 2. The van der Waals surface area contributed by atoms with Crippen molar-refractivity contribution in [3.05, 3.63) is 71.8 Å². The summed E-state index contributed by atoms with van der Waals surface area (Å²) in [4.78, 5) is 30.2. The molecule has 0 amide bonds. The Kier molecular flexibility index (Phi) is 4.37. The molecule has 0 heterocycles. The van der Waals surface area contributed by atoms with Crippen LogP contribution in [0.4, 0.5) is 28.4 Å². The van der Waals surface area contributed by atoms with Gasteiger partial charge in [-0.15, -0.1) is 0 Å². The van der Waals surface area contributed by atoms with Crippen molar-refractivity contribution in [2.45, 2.75) is 0 Å². The van der Waals surface area contributed by atoms with Gasteiger partial charge in [-0.05, 0) is 24.3 Å². The molecule has 0 saturated heterocycles. The quantitative estimate of drug-likeness (QED) is 0.645. The Balaban J connectivity index is 2.63. The van der Waals surface area contributed by atoms with Gasteiger partial charge in [0, 0.05) is 10.7 Å². The number of non-ortho nitro benzene ring substituents is 1. The van der Waals surface area contributed by atoms with Gasteiger partial charge in [0.05, 0.1) is 26.9 Å². The van der Waals surface area contributed by atoms with Crippen LogP contribution < -0.4 is 5.32 Å². The second kappa shape index (κ2) is 6.23. The van der Waals surface area contributed by atoms with Crippen LogP contribution in [-0.2, 0) is 0 Å². The van der Waals surface area contributed by atoms with Gasteiger partial charge in [-0.2, -0.15) is 0 Å². The lowest BCUT2D eigenvalue weighted by molar-refractivity contribution is -0.401. The topological polar surface area (TPSA) is 141 Å². The van der Waals surface area contributed by atoms with Crippen LogP contribution in [0.5, 0.6) is 0 Å². The Hall–Kier alpha value is -3.27. The van der Waals surface area contributed by atoms with E-state index in [0.717, 1.165) is 0 Å². The summed E-state index contributed by atoms with van der Waals surface area (Å²) in [5, 5.41) is 36.0. The van der Waals surface area contributed by atoms with E-state index in [0.29, 0.717) is 22.8 Å². The van der Waals surface area contributed by atoms with E-state index in [1.54, 1.807) is 0 Å². The largest absolute Gasteiger partial charge is 0.344 e. The SMILES string of the molecule is O=[N+]([O-])c1cc([N+](=O)[O-])c(Nc2ccc(Cl)cc2)c([N+](=O)[O-])c1. The molecule has 2 aromatic carbocycles. The Morgan fingerprint density at radius 2 is 1.30 bits per heavy atom. The summed E-state index contributed by atoms with van der Waals surface area (Å²) in [6.07, 6.45) is 0. The smallest absolute Gasteiger partial charge is 0.306 e. The average Bonchev–Trinajstić information content (AvgIpc) is 2.48. The summed E-state index contributed by atoms with van der Waals surface area (Å²) in [5.74, 6) is 0. The third-order valence-corrected chi connectivity index (χ3v) is 3.05. The molecule has 0 aliphatic rings. The summed E-state index contributed by atoms with van der Waals surface area (Å²) in [6, 6.07) is 7.19. The number of hydrogen-bond donors (Lipinski definition) is 1. The second-order valence-electron chi connectivity index (χ2n) is 4.26. The maximum absolute atomic E-state index is 11.1. The van der Waals surface area contributed by atoms with Crippen LogP contribution in [0, 0.1) is 30.3 Å². The molecule has 23 heavy (non-hydrogen) atoms. The van der Waals surface area contributed by atoms with Crippen LogP contribution in [0.15, 0.2) is 36.4 Å². The van der Waals surface area contributed by atoms with Gasteiger partial charge in [-0.3, -0.25) is 30.3 Å². The van der Waals surface area contributed by atoms with Crippen LogP contribution in [-0.4, -0.2) is 14.8 Å². The lowest BCUT2D eigenvalue weighted by atomic mass is 10.2. The molecule has 10 nitrogen and oxygen atoms in total. The van der Waals surface area contributed by atoms with Gasteiger partial charge in [-0.1, -0.05) is 11.6 Å². The van der Waals surface area contributed by atoms with Crippen molar-refractivity contribution in [3.63, 3.8) is 0 Å². The summed E-state index contributed by atoms with van der Waals surface area (Å²) < 4.78 is 0. The zero-order valence-electron chi connectivity index (χ0n) is 11.1. The van der Waals surface area contributed by atoms with Crippen molar-refractivity contribution in [3.8, 4) is 0 Å². The molecular formula is C12H7ClN4O6. The molecule has 2 aromatic rings. The molecule has 0 saturated carbocycles. The number of hydrogen-bond acceptors (Lipinski definition) is 7. The predicted octanol–water partition coefficient (Wildman–Crippen LogP) is 3.81. The highest BCUT2D eigenvalue weighted by Crippen LogP contribution is 2.40. The molecule has 0 fully saturated rings. The van der Waals surface area contributed by atoms with Crippen molar-refractivity contribution in [1.29, 1.82) is 0 Å². The van der Waals surface area contributed by atoms with Gasteiger partial charge in [-0.25, -0.2) is 0 Å². The third kappa shape index (κ3) is 3.49. The van der Waals surface area contributed by atoms with Crippen LogP contribution in [0.1, 0.15) is 0 Å². The molecular weight excluding hydrogens is 332 g/mol. The molecule has 118 valence electrons. The van der Waals surface area contributed by atoms with E-state index < -0.39 is 37.5 Å². The van der Waals surface area contributed by atoms with Crippen molar-refractivity contribution in [1.82, 2.24) is 0 Å². The van der Waals surface area contributed by atoms with Gasteiger partial charge in [0.25, 0.3) is 5.69 Å². The van der Waals surface area contributed by atoms with Crippen molar-refractivity contribution in [2.24, 2.45) is 0 Å². The van der Waals surface area contributed by atoms with E-state index in [9.17, 15) is 30.3 Å². The van der Waals surface area contributed by atoms with E-state index in [4.69, 9.17) is 11.6 Å². The highest BCUT2D eigenvalue weighted by molar-refractivity contribution is 6.30. The Bertz CT molecular complexity index is 773. The van der Waals surface area contributed by atoms with Gasteiger partial charge in [0.15, 0.2) is 5.69 Å². The van der Waals surface area contributed by atoms with E-state index in [-0.39, 0.29) is 0 Å². The van der Waals surface area contributed by atoms with Crippen molar-refractivity contribution < 1.29 is 14.8 Å². The monoisotopic (exact) mass is 338 g/mol. The van der Waals surface area contributed by atoms with Crippen LogP contribution in [0.25, 0.3) is 0 Å². The summed E-state index contributed by atoms with van der Waals surface area (Å²) in [6.45, 7) is 0. The molecule has 1 N–H and O–H groups in total. The molecule has 0 atom stereocenters. The first-order valence-corrected chi connectivity index (χ1v) is 6.31. The minimum atomic E-state index is -0.938. The first-order valence-electron chi connectivity index (χ1n) is 5.93. The average molecular weight is 339 g/mol. The summed E-state index contributed by atoms with van der Waals surface area (Å²) >= 11 is 5.71. The fourth-order valence-electron chi connectivity index (χ4n) is 1.80. The summed E-state index contributed by atoms with van der Waals surface area (Å²) in [7, 11) is 0. The minimum Gasteiger partial charge on any atom is -0.344 e. The molecule has 0 bridgehead atoms. The molecule has 0 spiro atoms. The molecule has 11 heteroatoms. The lowest BCUT2D eigenvalue weighted by Gasteiger charge is -2.08. The number of nitro groups is 3. The number of halogens is 1. The Morgan fingerprint density at radius 3 is 1.70 bits per heavy atom. The first-order chi connectivity index (χ1) is 10.8. The molecule has 2 rings (SSSR count). The van der Waals surface area contributed by atoms with Gasteiger partial charge in [0.1, 0.15) is 0 Å². The zero-order chi connectivity index (χ0) is 17.1. The summed E-state index contributed by atoms with van der Waals surface area (Å²) in [5.41, 5.74) is -2.45. The normalized spacial score (nSPS) is 10.1. The van der Waals surface area contributed by atoms with Gasteiger partial charge >= 0.3 is 11.4 Å². The van der Waals surface area contributed by atoms with Crippen LogP contribution in [0.3, 0.4) is 0 Å². The Labute approximate surface area is 132 Å². The van der Waals surface area contributed by atoms with E-state index >= 15 is 0 Å².